The van der Waals surface area contributed by atoms with Gasteiger partial charge in [0.2, 0.25) is 0 Å². The van der Waals surface area contributed by atoms with Gasteiger partial charge in [0.05, 0.1) is 5.69 Å². The van der Waals surface area contributed by atoms with Gasteiger partial charge in [0.15, 0.2) is 23.0 Å². The molecule has 0 atom stereocenters. The summed E-state index contributed by atoms with van der Waals surface area (Å²) in [6, 6.07) is 6.04. The third-order valence-electron chi connectivity index (χ3n) is 3.78. The number of hydrogen-bond acceptors (Lipinski definition) is 7. The number of nitrogens with zero attached hydrogens (tertiary/aromatic N) is 1. The summed E-state index contributed by atoms with van der Waals surface area (Å²) in [6.07, 6.45) is 1.15. The Kier molecular flexibility index (Phi) is 3.90. The molecule has 3 aromatic rings. The van der Waals surface area contributed by atoms with Gasteiger partial charge in [0.1, 0.15) is 4.90 Å². The number of fused-ring (bicyclic) bond motifs is 1. The molecule has 0 aliphatic heterocycles. The van der Waals surface area contributed by atoms with Crippen molar-refractivity contribution < 1.29 is 33.4 Å². The van der Waals surface area contributed by atoms with E-state index in [4.69, 9.17) is 0 Å². The number of phenols is 4. The molecule has 0 aliphatic rings. The Bertz CT molecular complexity index is 1090. The zero-order chi connectivity index (χ0) is 18.4. The van der Waals surface area contributed by atoms with Gasteiger partial charge in [0.25, 0.3) is 10.1 Å². The normalized spacial score (nSPS) is 11.7. The topological polar surface area (TPSA) is 148 Å². The van der Waals surface area contributed by atoms with Crippen molar-refractivity contribution in [3.63, 3.8) is 0 Å². The summed E-state index contributed by atoms with van der Waals surface area (Å²) in [5.41, 5.74) is 0.0219. The van der Waals surface area contributed by atoms with Gasteiger partial charge in [-0.2, -0.15) is 8.42 Å². The molecule has 0 spiro atoms. The van der Waals surface area contributed by atoms with Crippen LogP contribution < -0.4 is 0 Å². The number of hydrogen-bond donors (Lipinski definition) is 5. The third-order valence-corrected chi connectivity index (χ3v) is 4.72. The quantitative estimate of drug-likeness (QED) is 0.350. The molecule has 2 aromatic carbocycles. The maximum atomic E-state index is 11.5. The van der Waals surface area contributed by atoms with E-state index in [2.05, 4.69) is 4.98 Å². The van der Waals surface area contributed by atoms with Gasteiger partial charge in [-0.25, -0.2) is 0 Å². The fourth-order valence-electron chi connectivity index (χ4n) is 2.58. The van der Waals surface area contributed by atoms with E-state index >= 15 is 0 Å². The highest BCUT2D eigenvalue weighted by atomic mass is 32.2. The summed E-state index contributed by atoms with van der Waals surface area (Å²) in [4.78, 5) is 3.54. The molecular weight excluding hydrogens is 350 g/mol. The van der Waals surface area contributed by atoms with Crippen LogP contribution in [-0.4, -0.2) is 38.4 Å². The Labute approximate surface area is 142 Å². The zero-order valence-electron chi connectivity index (χ0n) is 12.6. The molecular formula is C16H13NO7S. The van der Waals surface area contributed by atoms with E-state index in [1.165, 1.54) is 18.3 Å². The second kappa shape index (κ2) is 5.80. The van der Waals surface area contributed by atoms with Crippen molar-refractivity contribution in [1.82, 2.24) is 4.98 Å². The minimum absolute atomic E-state index is 0.241. The van der Waals surface area contributed by atoms with Crippen molar-refractivity contribution >= 4 is 20.9 Å². The van der Waals surface area contributed by atoms with E-state index in [1.54, 1.807) is 6.07 Å². The number of rotatable bonds is 3. The first-order chi connectivity index (χ1) is 11.7. The first-order valence-electron chi connectivity index (χ1n) is 6.99. The molecule has 0 unspecified atom stereocenters. The Hall–Kier alpha value is -3.04. The van der Waals surface area contributed by atoms with Gasteiger partial charge >= 0.3 is 0 Å². The van der Waals surface area contributed by atoms with Crippen LogP contribution in [0.25, 0.3) is 10.8 Å². The summed E-state index contributed by atoms with van der Waals surface area (Å²) in [5, 5.41) is 39.9. The van der Waals surface area contributed by atoms with E-state index in [0.717, 1.165) is 12.1 Å². The molecule has 0 amide bonds. The van der Waals surface area contributed by atoms with Crippen molar-refractivity contribution in [1.29, 1.82) is 0 Å². The summed E-state index contributed by atoms with van der Waals surface area (Å²) in [5.74, 6) is -1.97. The first-order valence-corrected chi connectivity index (χ1v) is 8.43. The average molecular weight is 363 g/mol. The lowest BCUT2D eigenvalue weighted by molar-refractivity contribution is 0.397. The highest BCUT2D eigenvalue weighted by molar-refractivity contribution is 7.85. The van der Waals surface area contributed by atoms with E-state index in [0.29, 0.717) is 10.8 Å². The lowest BCUT2D eigenvalue weighted by Crippen LogP contribution is -2.05. The molecule has 9 heteroatoms. The third kappa shape index (κ3) is 3.02. The van der Waals surface area contributed by atoms with Gasteiger partial charge in [-0.3, -0.25) is 9.54 Å². The highest BCUT2D eigenvalue weighted by Gasteiger charge is 2.22. The second-order valence-electron chi connectivity index (χ2n) is 5.38. The fourth-order valence-corrected chi connectivity index (χ4v) is 3.30. The maximum absolute atomic E-state index is 11.5. The molecule has 8 nitrogen and oxygen atoms in total. The van der Waals surface area contributed by atoms with Crippen LogP contribution >= 0.6 is 0 Å². The van der Waals surface area contributed by atoms with Crippen LogP contribution in [0.2, 0.25) is 0 Å². The van der Waals surface area contributed by atoms with Crippen LogP contribution in [0.5, 0.6) is 23.0 Å². The van der Waals surface area contributed by atoms with E-state index in [1.807, 2.05) is 0 Å². The Morgan fingerprint density at radius 1 is 0.920 bits per heavy atom. The number of aromatic nitrogens is 1. The van der Waals surface area contributed by atoms with Gasteiger partial charge in [0, 0.05) is 23.6 Å². The van der Waals surface area contributed by atoms with Crippen LogP contribution in [0.1, 0.15) is 11.3 Å². The molecule has 5 N–H and O–H groups in total. The lowest BCUT2D eigenvalue weighted by atomic mass is 10.0. The molecule has 0 radical (unpaired) electrons. The molecule has 3 rings (SSSR count). The molecule has 130 valence electrons. The predicted molar refractivity (Wildman–Crippen MR) is 87.5 cm³/mol. The molecule has 1 heterocycles. The Balaban J connectivity index is 2.24. The van der Waals surface area contributed by atoms with Crippen LogP contribution in [0, 0.1) is 0 Å². The van der Waals surface area contributed by atoms with Crippen molar-refractivity contribution in [2.45, 2.75) is 11.3 Å². The molecule has 0 saturated heterocycles. The molecule has 0 fully saturated rings. The maximum Gasteiger partial charge on any atom is 0.294 e. The van der Waals surface area contributed by atoms with Crippen molar-refractivity contribution in [2.75, 3.05) is 0 Å². The van der Waals surface area contributed by atoms with E-state index < -0.39 is 32.3 Å². The largest absolute Gasteiger partial charge is 0.504 e. The smallest absolute Gasteiger partial charge is 0.294 e. The summed E-state index contributed by atoms with van der Waals surface area (Å²) in [6.45, 7) is 0. The van der Waals surface area contributed by atoms with E-state index in [-0.39, 0.29) is 23.4 Å². The monoisotopic (exact) mass is 363 g/mol. The molecule has 25 heavy (non-hydrogen) atoms. The van der Waals surface area contributed by atoms with Crippen LogP contribution in [0.4, 0.5) is 0 Å². The van der Waals surface area contributed by atoms with Gasteiger partial charge in [-0.05, 0) is 35.7 Å². The molecule has 0 saturated carbocycles. The van der Waals surface area contributed by atoms with Crippen LogP contribution in [0.15, 0.2) is 41.4 Å². The summed E-state index contributed by atoms with van der Waals surface area (Å²) < 4.78 is 32.4. The number of aromatic hydroxyl groups is 4. The summed E-state index contributed by atoms with van der Waals surface area (Å²) in [7, 11) is -4.65. The fraction of sp³-hybridized carbons (Fsp3) is 0.0625. The minimum Gasteiger partial charge on any atom is -0.504 e. The van der Waals surface area contributed by atoms with Crippen molar-refractivity contribution in [2.24, 2.45) is 0 Å². The standard InChI is InChI=1S/C16H13NO7S/c18-12-1-2-15(25(22,23)24)10(16(12)21)6-11-9-7-14(20)13(19)5-8(9)3-4-17-11/h1-5,7,18-21H,6H2,(H,22,23,24). The number of phenolic OH excluding ortho intramolecular Hbond substituents is 4. The summed E-state index contributed by atoms with van der Waals surface area (Å²) >= 11 is 0. The predicted octanol–water partition coefficient (Wildman–Crippen LogP) is 1.89. The van der Waals surface area contributed by atoms with Crippen molar-refractivity contribution in [3.05, 3.63) is 47.8 Å². The molecule has 0 bridgehead atoms. The second-order valence-corrected chi connectivity index (χ2v) is 6.77. The lowest BCUT2D eigenvalue weighted by Gasteiger charge is -2.12. The highest BCUT2D eigenvalue weighted by Crippen LogP contribution is 2.37. The van der Waals surface area contributed by atoms with Gasteiger partial charge < -0.3 is 20.4 Å². The molecule has 0 aliphatic carbocycles. The van der Waals surface area contributed by atoms with Gasteiger partial charge in [-0.1, -0.05) is 0 Å². The number of benzene rings is 2. The SMILES string of the molecule is O=S(=O)(O)c1ccc(O)c(O)c1Cc1nccc2cc(O)c(O)cc12. The van der Waals surface area contributed by atoms with Crippen molar-refractivity contribution in [3.8, 4) is 23.0 Å². The van der Waals surface area contributed by atoms with Gasteiger partial charge in [-0.15, -0.1) is 0 Å². The average Bonchev–Trinajstić information content (AvgIpc) is 2.52. The van der Waals surface area contributed by atoms with Crippen LogP contribution in [-0.2, 0) is 16.5 Å². The number of pyridine rings is 1. The first kappa shape index (κ1) is 16.8. The van der Waals surface area contributed by atoms with Crippen LogP contribution in [0.3, 0.4) is 0 Å². The van der Waals surface area contributed by atoms with E-state index in [9.17, 15) is 33.4 Å². The Morgan fingerprint density at radius 2 is 1.60 bits per heavy atom. The molecule has 1 aromatic heterocycles. The Morgan fingerprint density at radius 3 is 2.28 bits per heavy atom. The zero-order valence-corrected chi connectivity index (χ0v) is 13.4. The minimum atomic E-state index is -4.65.